The summed E-state index contributed by atoms with van der Waals surface area (Å²) in [6.07, 6.45) is 1.30. The predicted octanol–water partition coefficient (Wildman–Crippen LogP) is 3.40. The monoisotopic (exact) mass is 386 g/mol. The molecule has 2 aromatic heterocycles. The van der Waals surface area contributed by atoms with E-state index in [0.29, 0.717) is 18.2 Å². The lowest BCUT2D eigenvalue weighted by Crippen LogP contribution is -2.19. The minimum Gasteiger partial charge on any atom is -0.472 e. The second-order valence-corrected chi connectivity index (χ2v) is 5.89. The maximum atomic E-state index is 13.1. The van der Waals surface area contributed by atoms with Crippen LogP contribution in [0.5, 0.6) is 17.5 Å². The van der Waals surface area contributed by atoms with Crippen LogP contribution in [0.4, 0.5) is 10.2 Å². The largest absolute Gasteiger partial charge is 0.472 e. The molecule has 0 aliphatic heterocycles. The number of hydrogen-bond acceptors (Lipinski definition) is 6. The SMILES string of the molecule is COC[C@@H](C)Oc1cc(C(=O)Nc2cc[nH]n2)cc(Oc2ccc(F)cc2)n1. The fourth-order valence-electron chi connectivity index (χ4n) is 2.34. The van der Waals surface area contributed by atoms with Crippen molar-refractivity contribution in [3.05, 3.63) is 60.0 Å². The molecule has 0 fully saturated rings. The van der Waals surface area contributed by atoms with E-state index in [1.807, 2.05) is 6.92 Å². The standard InChI is InChI=1S/C19H19FN4O4/c1-12(11-26-2)27-17-9-13(19(25)22-16-7-8-21-24-16)10-18(23-17)28-15-5-3-14(20)4-6-15/h3-10,12H,11H2,1-2H3,(H2,21,22,24,25)/t12-/m1/s1. The highest BCUT2D eigenvalue weighted by Gasteiger charge is 2.15. The van der Waals surface area contributed by atoms with Crippen molar-refractivity contribution in [1.82, 2.24) is 15.2 Å². The Balaban J connectivity index is 1.86. The molecular formula is C19H19FN4O4. The fraction of sp³-hybridized carbons (Fsp3) is 0.211. The zero-order chi connectivity index (χ0) is 19.9. The van der Waals surface area contributed by atoms with E-state index in [-0.39, 0.29) is 29.2 Å². The lowest BCUT2D eigenvalue weighted by molar-refractivity contribution is 0.0882. The highest BCUT2D eigenvalue weighted by molar-refractivity contribution is 6.04. The second kappa shape index (κ2) is 8.96. The zero-order valence-electron chi connectivity index (χ0n) is 15.3. The number of hydrogen-bond donors (Lipinski definition) is 2. The van der Waals surface area contributed by atoms with Gasteiger partial charge >= 0.3 is 0 Å². The van der Waals surface area contributed by atoms with Crippen molar-refractivity contribution < 1.29 is 23.4 Å². The lowest BCUT2D eigenvalue weighted by atomic mass is 10.2. The van der Waals surface area contributed by atoms with Gasteiger partial charge in [-0.05, 0) is 31.2 Å². The van der Waals surface area contributed by atoms with E-state index in [4.69, 9.17) is 14.2 Å². The molecule has 9 heteroatoms. The number of methoxy groups -OCH3 is 1. The van der Waals surface area contributed by atoms with E-state index >= 15 is 0 Å². The molecule has 0 radical (unpaired) electrons. The molecule has 8 nitrogen and oxygen atoms in total. The normalized spacial score (nSPS) is 11.7. The van der Waals surface area contributed by atoms with Gasteiger partial charge in [0.15, 0.2) is 5.82 Å². The molecule has 2 heterocycles. The summed E-state index contributed by atoms with van der Waals surface area (Å²) >= 11 is 0. The molecular weight excluding hydrogens is 367 g/mol. The van der Waals surface area contributed by atoms with E-state index in [9.17, 15) is 9.18 Å². The summed E-state index contributed by atoms with van der Waals surface area (Å²) in [5.41, 5.74) is 0.259. The van der Waals surface area contributed by atoms with Gasteiger partial charge in [0, 0.05) is 31.5 Å². The van der Waals surface area contributed by atoms with Gasteiger partial charge in [0.05, 0.1) is 12.2 Å². The molecule has 2 N–H and O–H groups in total. The molecule has 146 valence electrons. The van der Waals surface area contributed by atoms with Crippen molar-refractivity contribution in [2.45, 2.75) is 13.0 Å². The first-order chi connectivity index (χ1) is 13.5. The molecule has 0 saturated heterocycles. The predicted molar refractivity (Wildman–Crippen MR) is 99.2 cm³/mol. The first-order valence-electron chi connectivity index (χ1n) is 8.45. The summed E-state index contributed by atoms with van der Waals surface area (Å²) in [6.45, 7) is 2.15. The number of nitrogens with one attached hydrogen (secondary N) is 2. The third-order valence-electron chi connectivity index (χ3n) is 3.54. The molecule has 3 aromatic rings. The third kappa shape index (κ3) is 5.27. The van der Waals surface area contributed by atoms with Crippen molar-refractivity contribution in [3.63, 3.8) is 0 Å². The summed E-state index contributed by atoms with van der Waals surface area (Å²) in [4.78, 5) is 16.8. The Kier molecular flexibility index (Phi) is 6.18. The first kappa shape index (κ1) is 19.3. The molecule has 28 heavy (non-hydrogen) atoms. The second-order valence-electron chi connectivity index (χ2n) is 5.89. The Morgan fingerprint density at radius 2 is 1.96 bits per heavy atom. The van der Waals surface area contributed by atoms with Crippen molar-refractivity contribution in [2.75, 3.05) is 19.0 Å². The minimum absolute atomic E-state index is 0.126. The number of anilines is 1. The van der Waals surface area contributed by atoms with Gasteiger partial charge in [-0.15, -0.1) is 0 Å². The van der Waals surface area contributed by atoms with Crippen molar-refractivity contribution >= 4 is 11.7 Å². The average Bonchev–Trinajstić information content (AvgIpc) is 3.16. The first-order valence-corrected chi connectivity index (χ1v) is 8.45. The molecule has 0 saturated carbocycles. The molecule has 1 amide bonds. The summed E-state index contributed by atoms with van der Waals surface area (Å²) in [5, 5.41) is 9.15. The van der Waals surface area contributed by atoms with Gasteiger partial charge in [-0.1, -0.05) is 0 Å². The number of rotatable bonds is 8. The van der Waals surface area contributed by atoms with Gasteiger partial charge in [0.1, 0.15) is 17.7 Å². The number of H-pyrrole nitrogens is 1. The van der Waals surface area contributed by atoms with E-state index in [0.717, 1.165) is 0 Å². The number of aromatic nitrogens is 3. The number of halogens is 1. The topological polar surface area (TPSA) is 98.4 Å². The van der Waals surface area contributed by atoms with Crippen molar-refractivity contribution in [2.24, 2.45) is 0 Å². The van der Waals surface area contributed by atoms with Crippen molar-refractivity contribution in [1.29, 1.82) is 0 Å². The number of ether oxygens (including phenoxy) is 3. The van der Waals surface area contributed by atoms with Crippen LogP contribution in [0, 0.1) is 5.82 Å². The molecule has 1 aromatic carbocycles. The summed E-state index contributed by atoms with van der Waals surface area (Å²) in [6, 6.07) is 10.0. The maximum Gasteiger partial charge on any atom is 0.257 e. The highest BCUT2D eigenvalue weighted by Crippen LogP contribution is 2.25. The average molecular weight is 386 g/mol. The van der Waals surface area contributed by atoms with Crippen molar-refractivity contribution in [3.8, 4) is 17.5 Å². The summed E-state index contributed by atoms with van der Waals surface area (Å²) < 4.78 is 29.5. The lowest BCUT2D eigenvalue weighted by Gasteiger charge is -2.15. The third-order valence-corrected chi connectivity index (χ3v) is 3.54. The van der Waals surface area contributed by atoms with Gasteiger partial charge in [-0.3, -0.25) is 9.89 Å². The maximum absolute atomic E-state index is 13.1. The number of carbonyl (C=O) groups is 1. The molecule has 0 aliphatic carbocycles. The van der Waals surface area contributed by atoms with Gasteiger partial charge in [-0.2, -0.15) is 10.1 Å². The highest BCUT2D eigenvalue weighted by atomic mass is 19.1. The van der Waals surface area contributed by atoms with E-state index in [1.54, 1.807) is 19.4 Å². The Labute approximate surface area is 160 Å². The summed E-state index contributed by atoms with van der Waals surface area (Å²) in [5.74, 6) is 0.262. The van der Waals surface area contributed by atoms with Crippen LogP contribution in [-0.4, -0.2) is 40.9 Å². The Hall–Kier alpha value is -3.46. The van der Waals surface area contributed by atoms with E-state index < -0.39 is 5.91 Å². The number of benzene rings is 1. The Bertz CT molecular complexity index is 916. The van der Waals surface area contributed by atoms with Crippen LogP contribution in [-0.2, 0) is 4.74 Å². The number of nitrogens with zero attached hydrogens (tertiary/aromatic N) is 2. The number of carbonyl (C=O) groups excluding carboxylic acids is 1. The van der Waals surface area contributed by atoms with Gasteiger partial charge in [-0.25, -0.2) is 4.39 Å². The van der Waals surface area contributed by atoms with Gasteiger partial charge < -0.3 is 19.5 Å². The molecule has 0 aliphatic rings. The number of aromatic amines is 1. The molecule has 0 unspecified atom stereocenters. The Morgan fingerprint density at radius 3 is 2.64 bits per heavy atom. The zero-order valence-corrected chi connectivity index (χ0v) is 15.3. The summed E-state index contributed by atoms with van der Waals surface area (Å²) in [7, 11) is 1.56. The van der Waals surface area contributed by atoms with E-state index in [2.05, 4.69) is 20.5 Å². The quantitative estimate of drug-likeness (QED) is 0.616. The van der Waals surface area contributed by atoms with Gasteiger partial charge in [0.2, 0.25) is 11.8 Å². The Morgan fingerprint density at radius 1 is 1.21 bits per heavy atom. The van der Waals surface area contributed by atoms with Crippen LogP contribution in [0.15, 0.2) is 48.7 Å². The molecule has 0 bridgehead atoms. The van der Waals surface area contributed by atoms with E-state index in [1.165, 1.54) is 36.4 Å². The molecule has 3 rings (SSSR count). The smallest absolute Gasteiger partial charge is 0.257 e. The fourth-order valence-corrected chi connectivity index (χ4v) is 2.34. The minimum atomic E-state index is -0.414. The molecule has 0 spiro atoms. The van der Waals surface area contributed by atoms with Crippen LogP contribution in [0.3, 0.4) is 0 Å². The van der Waals surface area contributed by atoms with Crippen LogP contribution < -0.4 is 14.8 Å². The van der Waals surface area contributed by atoms with Crippen LogP contribution in [0.2, 0.25) is 0 Å². The number of amides is 1. The van der Waals surface area contributed by atoms with Gasteiger partial charge in [0.25, 0.3) is 5.91 Å². The van der Waals surface area contributed by atoms with Crippen LogP contribution in [0.25, 0.3) is 0 Å². The van der Waals surface area contributed by atoms with Crippen LogP contribution >= 0.6 is 0 Å². The van der Waals surface area contributed by atoms with Crippen LogP contribution in [0.1, 0.15) is 17.3 Å². The number of pyridine rings is 1. The molecule has 1 atom stereocenters.